The Morgan fingerprint density at radius 3 is 2.08 bits per heavy atom. The molecule has 2 heterocycles. The quantitative estimate of drug-likeness (QED) is 0.247. The summed E-state index contributed by atoms with van der Waals surface area (Å²) in [5.41, 5.74) is 7.52. The number of para-hydroxylation sites is 2. The van der Waals surface area contributed by atoms with E-state index < -0.39 is 0 Å². The lowest BCUT2D eigenvalue weighted by Crippen LogP contribution is -1.98. The summed E-state index contributed by atoms with van der Waals surface area (Å²) < 4.78 is 11.1. The van der Waals surface area contributed by atoms with E-state index in [1.807, 2.05) is 60.7 Å². The van der Waals surface area contributed by atoms with Crippen molar-refractivity contribution in [3.05, 3.63) is 114 Å². The second kappa shape index (κ2) is 9.35. The molecule has 6 heteroatoms. The molecule has 0 amide bonds. The third-order valence-corrected chi connectivity index (χ3v) is 5.92. The zero-order valence-corrected chi connectivity index (χ0v) is 19.6. The number of hydrogen-bond donors (Lipinski definition) is 0. The van der Waals surface area contributed by atoms with Crippen LogP contribution in [0.15, 0.2) is 108 Å². The molecule has 2 aromatic heterocycles. The minimum absolute atomic E-state index is 0.631. The molecule has 6 aromatic rings. The SMILES string of the molecule is COc1ccc(-n2ncc(-c3ccc(/C=C/c4ccc(-c5nc6ccccc6o5)cc4)cc3)n2)cc1. The van der Waals surface area contributed by atoms with E-state index in [0.29, 0.717) is 5.89 Å². The summed E-state index contributed by atoms with van der Waals surface area (Å²) in [4.78, 5) is 6.18. The van der Waals surface area contributed by atoms with Crippen LogP contribution in [0.5, 0.6) is 5.75 Å². The van der Waals surface area contributed by atoms with Gasteiger partial charge in [0.25, 0.3) is 0 Å². The molecule has 0 aliphatic heterocycles. The smallest absolute Gasteiger partial charge is 0.227 e. The second-order valence-electron chi connectivity index (χ2n) is 8.28. The summed E-state index contributed by atoms with van der Waals surface area (Å²) >= 11 is 0. The normalized spacial score (nSPS) is 11.4. The van der Waals surface area contributed by atoms with Crippen molar-refractivity contribution in [1.29, 1.82) is 0 Å². The molecule has 0 radical (unpaired) electrons. The van der Waals surface area contributed by atoms with Gasteiger partial charge in [0.2, 0.25) is 5.89 Å². The van der Waals surface area contributed by atoms with Crippen LogP contribution in [0, 0.1) is 0 Å². The van der Waals surface area contributed by atoms with Crippen molar-refractivity contribution < 1.29 is 9.15 Å². The molecule has 0 aliphatic carbocycles. The van der Waals surface area contributed by atoms with Gasteiger partial charge in [0.1, 0.15) is 17.0 Å². The lowest BCUT2D eigenvalue weighted by atomic mass is 10.1. The first kappa shape index (κ1) is 21.6. The van der Waals surface area contributed by atoms with Crippen LogP contribution in [-0.4, -0.2) is 27.1 Å². The van der Waals surface area contributed by atoms with Crippen molar-refractivity contribution in [3.63, 3.8) is 0 Å². The summed E-state index contributed by atoms with van der Waals surface area (Å²) in [5, 5.41) is 9.01. The fourth-order valence-electron chi connectivity index (χ4n) is 3.93. The molecule has 0 aliphatic rings. The van der Waals surface area contributed by atoms with Crippen molar-refractivity contribution in [2.24, 2.45) is 0 Å². The largest absolute Gasteiger partial charge is 0.497 e. The molecule has 0 bridgehead atoms. The average Bonchev–Trinajstić information content (AvgIpc) is 3.61. The van der Waals surface area contributed by atoms with Gasteiger partial charge < -0.3 is 9.15 Å². The number of ether oxygens (including phenoxy) is 1. The van der Waals surface area contributed by atoms with Crippen molar-refractivity contribution in [2.75, 3.05) is 7.11 Å². The summed E-state index contributed by atoms with van der Waals surface area (Å²) in [7, 11) is 1.65. The zero-order chi connectivity index (χ0) is 24.3. The predicted octanol–water partition coefficient (Wildman–Crippen LogP) is 6.92. The third-order valence-electron chi connectivity index (χ3n) is 5.92. The molecule has 4 aromatic carbocycles. The van der Waals surface area contributed by atoms with Crippen LogP contribution in [0.25, 0.3) is 51.7 Å². The number of benzene rings is 4. The van der Waals surface area contributed by atoms with Crippen molar-refractivity contribution >= 4 is 23.3 Å². The van der Waals surface area contributed by atoms with E-state index in [-0.39, 0.29) is 0 Å². The number of aromatic nitrogens is 4. The third kappa shape index (κ3) is 4.40. The maximum atomic E-state index is 5.86. The maximum Gasteiger partial charge on any atom is 0.227 e. The van der Waals surface area contributed by atoms with Gasteiger partial charge in [-0.25, -0.2) is 4.98 Å². The van der Waals surface area contributed by atoms with Crippen LogP contribution < -0.4 is 4.74 Å². The van der Waals surface area contributed by atoms with Crippen molar-refractivity contribution in [2.45, 2.75) is 0 Å². The van der Waals surface area contributed by atoms with Crippen molar-refractivity contribution in [3.8, 4) is 34.1 Å². The number of nitrogens with zero attached hydrogens (tertiary/aromatic N) is 4. The van der Waals surface area contributed by atoms with E-state index in [9.17, 15) is 0 Å². The molecule has 6 rings (SSSR count). The molecule has 36 heavy (non-hydrogen) atoms. The van der Waals surface area contributed by atoms with E-state index in [0.717, 1.165) is 50.5 Å². The lowest BCUT2D eigenvalue weighted by Gasteiger charge is -2.02. The Labute approximate surface area is 208 Å². The fourth-order valence-corrected chi connectivity index (χ4v) is 3.93. The van der Waals surface area contributed by atoms with Crippen LogP contribution in [0.2, 0.25) is 0 Å². The van der Waals surface area contributed by atoms with E-state index in [2.05, 4.69) is 63.7 Å². The van der Waals surface area contributed by atoms with E-state index in [1.54, 1.807) is 18.1 Å². The maximum absolute atomic E-state index is 5.86. The summed E-state index contributed by atoms with van der Waals surface area (Å²) in [6.07, 6.45) is 5.95. The fraction of sp³-hybridized carbons (Fsp3) is 0.0333. The number of hydrogen-bond acceptors (Lipinski definition) is 5. The van der Waals surface area contributed by atoms with Gasteiger partial charge in [0.05, 0.1) is 19.0 Å². The molecule has 0 atom stereocenters. The summed E-state index contributed by atoms with van der Waals surface area (Å²) in [6, 6.07) is 31.9. The Morgan fingerprint density at radius 2 is 1.42 bits per heavy atom. The van der Waals surface area contributed by atoms with Gasteiger partial charge in [0, 0.05) is 11.1 Å². The molecule has 0 N–H and O–H groups in total. The molecule has 6 nitrogen and oxygen atoms in total. The monoisotopic (exact) mass is 470 g/mol. The van der Waals surface area contributed by atoms with Gasteiger partial charge in [-0.1, -0.05) is 60.7 Å². The van der Waals surface area contributed by atoms with Gasteiger partial charge in [-0.05, 0) is 59.7 Å². The van der Waals surface area contributed by atoms with Gasteiger partial charge in [0.15, 0.2) is 5.58 Å². The zero-order valence-electron chi connectivity index (χ0n) is 19.6. The van der Waals surface area contributed by atoms with Gasteiger partial charge in [-0.3, -0.25) is 0 Å². The molecule has 0 unspecified atom stereocenters. The highest BCUT2D eigenvalue weighted by molar-refractivity contribution is 5.77. The highest BCUT2D eigenvalue weighted by atomic mass is 16.5. The Morgan fingerprint density at radius 1 is 0.750 bits per heavy atom. The minimum Gasteiger partial charge on any atom is -0.497 e. The van der Waals surface area contributed by atoms with E-state index >= 15 is 0 Å². The van der Waals surface area contributed by atoms with E-state index in [1.165, 1.54) is 0 Å². The standard InChI is InChI=1S/C30H22N4O2/c1-35-26-18-16-25(17-19-26)34-31-20-28(33-34)23-12-8-21(9-13-23)6-7-22-10-14-24(15-11-22)30-32-27-4-2-3-5-29(27)36-30/h2-20H,1H3/b7-6+. The Balaban J connectivity index is 1.14. The number of fused-ring (bicyclic) bond motifs is 1. The minimum atomic E-state index is 0.631. The second-order valence-corrected chi connectivity index (χ2v) is 8.28. The molecule has 0 spiro atoms. The molecular weight excluding hydrogens is 448 g/mol. The summed E-state index contributed by atoms with van der Waals surface area (Å²) in [5.74, 6) is 1.43. The Bertz CT molecular complexity index is 1610. The topological polar surface area (TPSA) is 66.0 Å². The first-order chi connectivity index (χ1) is 17.7. The van der Waals surface area contributed by atoms with Crippen molar-refractivity contribution in [1.82, 2.24) is 20.0 Å². The van der Waals surface area contributed by atoms with Crippen LogP contribution in [0.4, 0.5) is 0 Å². The van der Waals surface area contributed by atoms with Crippen LogP contribution in [0.1, 0.15) is 11.1 Å². The summed E-state index contributed by atoms with van der Waals surface area (Å²) in [6.45, 7) is 0. The van der Waals surface area contributed by atoms with Crippen LogP contribution in [-0.2, 0) is 0 Å². The average molecular weight is 471 g/mol. The first-order valence-corrected chi connectivity index (χ1v) is 11.6. The van der Waals surface area contributed by atoms with E-state index in [4.69, 9.17) is 9.15 Å². The van der Waals surface area contributed by atoms with Gasteiger partial charge in [-0.15, -0.1) is 5.10 Å². The molecule has 0 saturated carbocycles. The molecule has 0 fully saturated rings. The highest BCUT2D eigenvalue weighted by Gasteiger charge is 2.08. The number of methoxy groups -OCH3 is 1. The van der Waals surface area contributed by atoms with Gasteiger partial charge >= 0.3 is 0 Å². The molecule has 174 valence electrons. The molecular formula is C30H22N4O2. The number of rotatable bonds is 6. The van der Waals surface area contributed by atoms with Crippen LogP contribution in [0.3, 0.4) is 0 Å². The number of oxazole rings is 1. The Hall–Kier alpha value is -4.97. The van der Waals surface area contributed by atoms with Gasteiger partial charge in [-0.2, -0.15) is 9.90 Å². The predicted molar refractivity (Wildman–Crippen MR) is 142 cm³/mol. The highest BCUT2D eigenvalue weighted by Crippen LogP contribution is 2.25. The Kier molecular flexibility index (Phi) is 5.60. The molecule has 0 saturated heterocycles. The lowest BCUT2D eigenvalue weighted by molar-refractivity contribution is 0.414. The van der Waals surface area contributed by atoms with Crippen LogP contribution >= 0.6 is 0 Å². The first-order valence-electron chi connectivity index (χ1n) is 11.6.